The van der Waals surface area contributed by atoms with Gasteiger partial charge in [0.15, 0.2) is 0 Å². The number of anilines is 2. The first-order valence-electron chi connectivity index (χ1n) is 13.5. The van der Waals surface area contributed by atoms with Crippen molar-refractivity contribution >= 4 is 62.9 Å². The van der Waals surface area contributed by atoms with Gasteiger partial charge in [0.2, 0.25) is 5.91 Å². The number of hydrogen-bond donors (Lipinski definition) is 3. The zero-order chi connectivity index (χ0) is 30.1. The first-order chi connectivity index (χ1) is 20.2. The van der Waals surface area contributed by atoms with Crippen molar-refractivity contribution in [3.63, 3.8) is 0 Å². The van der Waals surface area contributed by atoms with E-state index < -0.39 is 5.91 Å². The predicted octanol–water partition coefficient (Wildman–Crippen LogP) is 8.10. The van der Waals surface area contributed by atoms with Crippen molar-refractivity contribution in [1.29, 1.82) is 0 Å². The molecule has 0 spiro atoms. The summed E-state index contributed by atoms with van der Waals surface area (Å²) < 4.78 is 0.852. The summed E-state index contributed by atoms with van der Waals surface area (Å²) in [5.41, 5.74) is 3.83. The van der Waals surface area contributed by atoms with E-state index in [0.717, 1.165) is 20.6 Å². The van der Waals surface area contributed by atoms with Crippen molar-refractivity contribution < 1.29 is 14.4 Å². The molecule has 4 rings (SSSR count). The Labute approximate surface area is 259 Å². The average molecular weight is 643 g/mol. The van der Waals surface area contributed by atoms with E-state index in [2.05, 4.69) is 45.7 Å². The minimum atomic E-state index is -0.462. The van der Waals surface area contributed by atoms with E-state index in [0.29, 0.717) is 17.2 Å². The molecule has 214 valence electrons. The summed E-state index contributed by atoms with van der Waals surface area (Å²) in [5.74, 6) is -0.511. The van der Waals surface area contributed by atoms with Crippen LogP contribution in [-0.4, -0.2) is 23.0 Å². The number of halogens is 1. The number of nitrogens with one attached hydrogen (secondary N) is 3. The highest BCUT2D eigenvalue weighted by atomic mass is 79.9. The molecule has 1 atom stereocenters. The minimum Gasteiger partial charge on any atom is -0.325 e. The maximum atomic E-state index is 13.3. The summed E-state index contributed by atoms with van der Waals surface area (Å²) in [5, 5.41) is 8.24. The van der Waals surface area contributed by atoms with Gasteiger partial charge in [0, 0.05) is 26.3 Å². The molecule has 1 unspecified atom stereocenters. The van der Waals surface area contributed by atoms with Crippen molar-refractivity contribution in [2.75, 3.05) is 10.6 Å². The normalized spacial score (nSPS) is 12.0. The second-order valence-electron chi connectivity index (χ2n) is 9.94. The van der Waals surface area contributed by atoms with E-state index in [1.807, 2.05) is 73.7 Å². The summed E-state index contributed by atoms with van der Waals surface area (Å²) >= 11 is 4.87. The SMILES string of the molecule is CC(Sc1ccc(NC(=O)/C(=C/c2cccc(Br)c2)NC(=O)c2ccccc2)cc1)C(=O)Nc1ccc(C(C)C)cc1. The van der Waals surface area contributed by atoms with Crippen LogP contribution in [0, 0.1) is 0 Å². The van der Waals surface area contributed by atoms with E-state index in [9.17, 15) is 14.4 Å². The molecule has 0 fully saturated rings. The highest BCUT2D eigenvalue weighted by Crippen LogP contribution is 2.26. The van der Waals surface area contributed by atoms with Crippen molar-refractivity contribution in [2.24, 2.45) is 0 Å². The van der Waals surface area contributed by atoms with Gasteiger partial charge in [-0.1, -0.05) is 72.2 Å². The first kappa shape index (κ1) is 30.8. The van der Waals surface area contributed by atoms with Crippen LogP contribution in [0.25, 0.3) is 6.08 Å². The number of carbonyl (C=O) groups excluding carboxylic acids is 3. The number of carbonyl (C=O) groups is 3. The van der Waals surface area contributed by atoms with Crippen LogP contribution in [0.2, 0.25) is 0 Å². The Kier molecular flexibility index (Phi) is 10.8. The molecule has 4 aromatic rings. The van der Waals surface area contributed by atoms with Gasteiger partial charge in [0.25, 0.3) is 11.8 Å². The van der Waals surface area contributed by atoms with E-state index in [1.54, 1.807) is 42.5 Å². The number of thioether (sulfide) groups is 1. The topological polar surface area (TPSA) is 87.3 Å². The molecular weight excluding hydrogens is 610 g/mol. The van der Waals surface area contributed by atoms with Crippen LogP contribution in [0.1, 0.15) is 48.2 Å². The molecule has 4 aromatic carbocycles. The smallest absolute Gasteiger partial charge is 0.272 e. The van der Waals surface area contributed by atoms with Crippen LogP contribution in [-0.2, 0) is 9.59 Å². The Morgan fingerprint density at radius 2 is 1.40 bits per heavy atom. The Balaban J connectivity index is 1.40. The molecule has 0 aliphatic carbocycles. The van der Waals surface area contributed by atoms with E-state index >= 15 is 0 Å². The second kappa shape index (κ2) is 14.7. The fourth-order valence-electron chi connectivity index (χ4n) is 3.97. The molecule has 3 N–H and O–H groups in total. The molecule has 0 bridgehead atoms. The predicted molar refractivity (Wildman–Crippen MR) is 176 cm³/mol. The third-order valence-corrected chi connectivity index (χ3v) is 7.93. The zero-order valence-electron chi connectivity index (χ0n) is 23.6. The molecule has 0 saturated carbocycles. The van der Waals surface area contributed by atoms with E-state index in [-0.39, 0.29) is 22.8 Å². The van der Waals surface area contributed by atoms with Crippen LogP contribution in [0.3, 0.4) is 0 Å². The van der Waals surface area contributed by atoms with Gasteiger partial charge in [0.05, 0.1) is 5.25 Å². The lowest BCUT2D eigenvalue weighted by Gasteiger charge is -2.14. The lowest BCUT2D eigenvalue weighted by atomic mass is 10.0. The van der Waals surface area contributed by atoms with Crippen molar-refractivity contribution in [3.8, 4) is 0 Å². The molecule has 6 nitrogen and oxygen atoms in total. The number of benzene rings is 4. The summed E-state index contributed by atoms with van der Waals surface area (Å²) in [6, 6.07) is 31.3. The van der Waals surface area contributed by atoms with Crippen molar-refractivity contribution in [3.05, 3.63) is 130 Å². The van der Waals surface area contributed by atoms with Crippen LogP contribution >= 0.6 is 27.7 Å². The van der Waals surface area contributed by atoms with Gasteiger partial charge in [-0.05, 0) is 90.7 Å². The Morgan fingerprint density at radius 3 is 2.05 bits per heavy atom. The van der Waals surface area contributed by atoms with Crippen molar-refractivity contribution in [2.45, 2.75) is 36.8 Å². The van der Waals surface area contributed by atoms with Crippen LogP contribution in [0.15, 0.2) is 118 Å². The fraction of sp³-hybridized carbons (Fsp3) is 0.147. The van der Waals surface area contributed by atoms with Gasteiger partial charge in [-0.25, -0.2) is 0 Å². The molecule has 0 aromatic heterocycles. The minimum absolute atomic E-state index is 0.0915. The quantitative estimate of drug-likeness (QED) is 0.121. The molecule has 0 aliphatic heterocycles. The average Bonchev–Trinajstić information content (AvgIpc) is 2.98. The molecule has 0 heterocycles. The van der Waals surface area contributed by atoms with Gasteiger partial charge in [-0.2, -0.15) is 0 Å². The maximum Gasteiger partial charge on any atom is 0.272 e. The molecule has 0 saturated heterocycles. The van der Waals surface area contributed by atoms with Crippen LogP contribution in [0.5, 0.6) is 0 Å². The number of amides is 3. The highest BCUT2D eigenvalue weighted by molar-refractivity contribution is 9.10. The van der Waals surface area contributed by atoms with Gasteiger partial charge < -0.3 is 16.0 Å². The molecular formula is C34H32BrN3O3S. The second-order valence-corrected chi connectivity index (χ2v) is 12.3. The van der Waals surface area contributed by atoms with Crippen LogP contribution in [0.4, 0.5) is 11.4 Å². The third kappa shape index (κ3) is 8.93. The molecule has 42 heavy (non-hydrogen) atoms. The number of rotatable bonds is 10. The molecule has 8 heteroatoms. The van der Waals surface area contributed by atoms with Gasteiger partial charge >= 0.3 is 0 Å². The fourth-order valence-corrected chi connectivity index (χ4v) is 5.26. The summed E-state index contributed by atoms with van der Waals surface area (Å²) in [6.07, 6.45) is 1.63. The van der Waals surface area contributed by atoms with Crippen molar-refractivity contribution in [1.82, 2.24) is 5.32 Å². The lowest BCUT2D eigenvalue weighted by molar-refractivity contribution is -0.115. The van der Waals surface area contributed by atoms with Gasteiger partial charge in [0.1, 0.15) is 5.70 Å². The first-order valence-corrected chi connectivity index (χ1v) is 15.2. The van der Waals surface area contributed by atoms with Gasteiger partial charge in [-0.15, -0.1) is 11.8 Å². The lowest BCUT2D eigenvalue weighted by Crippen LogP contribution is -2.30. The van der Waals surface area contributed by atoms with E-state index in [4.69, 9.17) is 0 Å². The largest absolute Gasteiger partial charge is 0.325 e. The van der Waals surface area contributed by atoms with Crippen LogP contribution < -0.4 is 16.0 Å². The molecule has 0 radical (unpaired) electrons. The van der Waals surface area contributed by atoms with E-state index in [1.165, 1.54) is 17.3 Å². The summed E-state index contributed by atoms with van der Waals surface area (Å²) in [6.45, 7) is 6.12. The molecule has 3 amide bonds. The summed E-state index contributed by atoms with van der Waals surface area (Å²) in [4.78, 5) is 39.8. The highest BCUT2D eigenvalue weighted by Gasteiger charge is 2.17. The number of hydrogen-bond acceptors (Lipinski definition) is 4. The Hall–Kier alpha value is -4.14. The maximum absolute atomic E-state index is 13.3. The molecule has 0 aliphatic rings. The third-order valence-electron chi connectivity index (χ3n) is 6.33. The van der Waals surface area contributed by atoms with Gasteiger partial charge in [-0.3, -0.25) is 14.4 Å². The summed E-state index contributed by atoms with van der Waals surface area (Å²) in [7, 11) is 0. The Morgan fingerprint density at radius 1 is 0.762 bits per heavy atom. The zero-order valence-corrected chi connectivity index (χ0v) is 26.0. The standard InChI is InChI=1S/C34H32BrN3O3S/c1-22(2)25-12-14-28(15-13-25)36-32(39)23(3)42-30-18-16-29(17-19-30)37-34(41)31(21-24-8-7-11-27(35)20-24)38-33(40)26-9-5-4-6-10-26/h4-23H,1-3H3,(H,36,39)(H,37,41)(H,38,40)/b31-21-. The monoisotopic (exact) mass is 641 g/mol. The Bertz CT molecular complexity index is 1570.